The molecule has 0 radical (unpaired) electrons. The molecule has 1 N–H and O–H groups in total. The maximum Gasteiger partial charge on any atom is 0.0824 e. The van der Waals surface area contributed by atoms with E-state index >= 15 is 0 Å². The average Bonchev–Trinajstić information content (AvgIpc) is 3.02. The van der Waals surface area contributed by atoms with E-state index in [1.807, 2.05) is 36.4 Å². The third-order valence-electron chi connectivity index (χ3n) is 3.92. The van der Waals surface area contributed by atoms with Crippen molar-refractivity contribution in [3.05, 3.63) is 71.3 Å². The maximum atomic E-state index is 10.4. The summed E-state index contributed by atoms with van der Waals surface area (Å²) in [5.41, 5.74) is 3.27. The highest BCUT2D eigenvalue weighted by atomic mass is 35.5. The van der Waals surface area contributed by atoms with Crippen molar-refractivity contribution in [1.29, 1.82) is 0 Å². The topological polar surface area (TPSA) is 20.2 Å². The van der Waals surface area contributed by atoms with Gasteiger partial charge in [0, 0.05) is 5.02 Å². The van der Waals surface area contributed by atoms with E-state index in [0.717, 1.165) is 34.6 Å². The molecule has 1 nitrogen and oxygen atoms in total. The van der Waals surface area contributed by atoms with Crippen molar-refractivity contribution in [2.75, 3.05) is 0 Å². The van der Waals surface area contributed by atoms with Gasteiger partial charge in [-0.25, -0.2) is 0 Å². The Labute approximate surface area is 124 Å². The molecule has 1 atom stereocenters. The number of allylic oxidation sites excluding steroid dienone is 2. The second kappa shape index (κ2) is 5.82. The third kappa shape index (κ3) is 2.79. The summed E-state index contributed by atoms with van der Waals surface area (Å²) in [5.74, 6) is 0.330. The highest BCUT2D eigenvalue weighted by Crippen LogP contribution is 2.32. The fourth-order valence-corrected chi connectivity index (χ4v) is 2.81. The minimum atomic E-state index is -0.371. The van der Waals surface area contributed by atoms with Gasteiger partial charge in [0.05, 0.1) is 6.10 Å². The summed E-state index contributed by atoms with van der Waals surface area (Å²) in [5, 5.41) is 11.1. The van der Waals surface area contributed by atoms with Gasteiger partial charge in [-0.3, -0.25) is 0 Å². The van der Waals surface area contributed by atoms with Crippen molar-refractivity contribution in [3.63, 3.8) is 0 Å². The second-order valence-electron chi connectivity index (χ2n) is 5.28. The van der Waals surface area contributed by atoms with Crippen LogP contribution in [0.25, 0.3) is 11.1 Å². The Bertz CT molecular complexity index is 590. The zero-order valence-corrected chi connectivity index (χ0v) is 11.9. The van der Waals surface area contributed by atoms with Crippen LogP contribution >= 0.6 is 11.6 Å². The second-order valence-corrected chi connectivity index (χ2v) is 5.71. The molecule has 0 amide bonds. The van der Waals surface area contributed by atoms with Crippen LogP contribution in [-0.2, 0) is 0 Å². The summed E-state index contributed by atoms with van der Waals surface area (Å²) in [6.07, 6.45) is 5.87. The van der Waals surface area contributed by atoms with Crippen molar-refractivity contribution in [3.8, 4) is 11.1 Å². The number of hydrogen-bond acceptors (Lipinski definition) is 1. The van der Waals surface area contributed by atoms with Gasteiger partial charge >= 0.3 is 0 Å². The fraction of sp³-hybridized carbons (Fsp3) is 0.222. The number of aliphatic hydroxyl groups is 1. The molecule has 1 aliphatic rings. The first kappa shape index (κ1) is 13.4. The molecule has 102 valence electrons. The van der Waals surface area contributed by atoms with E-state index in [0.29, 0.717) is 5.92 Å². The van der Waals surface area contributed by atoms with E-state index in [1.165, 1.54) is 0 Å². The lowest BCUT2D eigenvalue weighted by Crippen LogP contribution is -2.08. The summed E-state index contributed by atoms with van der Waals surface area (Å²) < 4.78 is 0. The van der Waals surface area contributed by atoms with Crippen molar-refractivity contribution < 1.29 is 5.11 Å². The molecule has 0 aliphatic heterocycles. The van der Waals surface area contributed by atoms with Gasteiger partial charge in [-0.2, -0.15) is 0 Å². The molecule has 2 aromatic carbocycles. The fourth-order valence-electron chi connectivity index (χ4n) is 2.68. The first-order valence-corrected chi connectivity index (χ1v) is 7.31. The molecular weight excluding hydrogens is 268 g/mol. The average molecular weight is 285 g/mol. The molecule has 1 aliphatic carbocycles. The van der Waals surface area contributed by atoms with E-state index in [-0.39, 0.29) is 6.10 Å². The van der Waals surface area contributed by atoms with Gasteiger partial charge in [-0.05, 0) is 47.6 Å². The zero-order valence-electron chi connectivity index (χ0n) is 11.2. The van der Waals surface area contributed by atoms with Crippen LogP contribution in [0.5, 0.6) is 0 Å². The van der Waals surface area contributed by atoms with Gasteiger partial charge in [-0.15, -0.1) is 0 Å². The Morgan fingerprint density at radius 2 is 1.35 bits per heavy atom. The number of aliphatic hydroxyl groups excluding tert-OH is 1. The van der Waals surface area contributed by atoms with Crippen LogP contribution in [0.3, 0.4) is 0 Å². The first-order valence-electron chi connectivity index (χ1n) is 6.93. The largest absolute Gasteiger partial charge is 0.388 e. The van der Waals surface area contributed by atoms with Gasteiger partial charge in [0.2, 0.25) is 0 Å². The predicted molar refractivity (Wildman–Crippen MR) is 83.7 cm³/mol. The molecule has 0 aromatic heterocycles. The van der Waals surface area contributed by atoms with E-state index in [4.69, 9.17) is 11.6 Å². The molecule has 0 saturated heterocycles. The van der Waals surface area contributed by atoms with Crippen LogP contribution in [0.1, 0.15) is 24.5 Å². The molecule has 0 saturated carbocycles. The molecule has 0 spiro atoms. The van der Waals surface area contributed by atoms with Gasteiger partial charge < -0.3 is 5.11 Å². The summed E-state index contributed by atoms with van der Waals surface area (Å²) in [6.45, 7) is 0. The van der Waals surface area contributed by atoms with E-state index < -0.39 is 0 Å². The third-order valence-corrected chi connectivity index (χ3v) is 4.17. The van der Waals surface area contributed by atoms with Crippen LogP contribution in [0.2, 0.25) is 5.02 Å². The number of rotatable bonds is 3. The van der Waals surface area contributed by atoms with Gasteiger partial charge in [-0.1, -0.05) is 60.2 Å². The molecule has 0 heterocycles. The van der Waals surface area contributed by atoms with Gasteiger partial charge in [0.15, 0.2) is 0 Å². The van der Waals surface area contributed by atoms with E-state index in [9.17, 15) is 5.11 Å². The normalized spacial score (nSPS) is 16.5. The molecule has 0 fully saturated rings. The minimum absolute atomic E-state index is 0.330. The molecule has 2 aromatic rings. The number of halogens is 1. The molecule has 3 rings (SSSR count). The highest BCUT2D eigenvalue weighted by molar-refractivity contribution is 6.30. The van der Waals surface area contributed by atoms with E-state index in [1.54, 1.807) is 0 Å². The Hall–Kier alpha value is -1.57. The lowest BCUT2D eigenvalue weighted by atomic mass is 9.92. The zero-order chi connectivity index (χ0) is 13.9. The van der Waals surface area contributed by atoms with Crippen LogP contribution in [0.4, 0.5) is 0 Å². The molecule has 20 heavy (non-hydrogen) atoms. The molecule has 2 heteroatoms. The van der Waals surface area contributed by atoms with Crippen molar-refractivity contribution in [1.82, 2.24) is 0 Å². The lowest BCUT2D eigenvalue weighted by Gasteiger charge is -2.18. The quantitative estimate of drug-likeness (QED) is 0.786. The van der Waals surface area contributed by atoms with Gasteiger partial charge in [0.25, 0.3) is 0 Å². The van der Waals surface area contributed by atoms with Gasteiger partial charge in [0.1, 0.15) is 0 Å². The molecule has 1 unspecified atom stereocenters. The van der Waals surface area contributed by atoms with Crippen LogP contribution in [-0.4, -0.2) is 5.11 Å². The number of benzene rings is 2. The first-order chi connectivity index (χ1) is 9.74. The summed E-state index contributed by atoms with van der Waals surface area (Å²) in [6, 6.07) is 16.0. The SMILES string of the molecule is OC(c1ccc(-c2ccc(Cl)cc2)cc1)C1CC=CC1. The van der Waals surface area contributed by atoms with Crippen molar-refractivity contribution in [2.45, 2.75) is 18.9 Å². The minimum Gasteiger partial charge on any atom is -0.388 e. The lowest BCUT2D eigenvalue weighted by molar-refractivity contribution is 0.115. The Kier molecular flexibility index (Phi) is 3.90. The summed E-state index contributed by atoms with van der Waals surface area (Å²) >= 11 is 5.90. The van der Waals surface area contributed by atoms with Crippen LogP contribution in [0.15, 0.2) is 60.7 Å². The smallest absolute Gasteiger partial charge is 0.0824 e. The summed E-state index contributed by atoms with van der Waals surface area (Å²) in [7, 11) is 0. The standard InChI is InChI=1S/C18H17ClO/c19-17-11-9-14(10-12-17)13-5-7-16(8-6-13)18(20)15-3-1-2-4-15/h1-2,5-12,15,18,20H,3-4H2. The Morgan fingerprint density at radius 3 is 1.90 bits per heavy atom. The monoisotopic (exact) mass is 284 g/mol. The van der Waals surface area contributed by atoms with Crippen LogP contribution < -0.4 is 0 Å². The highest BCUT2D eigenvalue weighted by Gasteiger charge is 2.21. The number of hydrogen-bond donors (Lipinski definition) is 1. The Morgan fingerprint density at radius 1 is 0.850 bits per heavy atom. The Balaban J connectivity index is 1.78. The predicted octanol–water partition coefficient (Wildman–Crippen LogP) is 5.01. The van der Waals surface area contributed by atoms with E-state index in [2.05, 4.69) is 24.3 Å². The summed E-state index contributed by atoms with van der Waals surface area (Å²) in [4.78, 5) is 0. The van der Waals surface area contributed by atoms with Crippen molar-refractivity contribution >= 4 is 11.6 Å². The maximum absolute atomic E-state index is 10.4. The molecular formula is C18H17ClO. The molecule has 0 bridgehead atoms. The van der Waals surface area contributed by atoms with Crippen molar-refractivity contribution in [2.24, 2.45) is 5.92 Å². The van der Waals surface area contributed by atoms with Crippen LogP contribution in [0, 0.1) is 5.92 Å².